The Balaban J connectivity index is 4.62. The zero-order chi connectivity index (χ0) is 13.6. The molecule has 0 saturated carbocycles. The third kappa shape index (κ3) is 4.45. The molecule has 8 nitrogen and oxygen atoms in total. The Labute approximate surface area is 101 Å². The fourth-order valence-electron chi connectivity index (χ4n) is 1.63. The molecule has 0 rings (SSSR count). The van der Waals surface area contributed by atoms with E-state index in [9.17, 15) is 9.59 Å². The number of hydrazine groups is 2. The highest BCUT2D eigenvalue weighted by molar-refractivity contribution is 5.72. The molecule has 0 radical (unpaired) electrons. The van der Waals surface area contributed by atoms with Crippen molar-refractivity contribution in [2.45, 2.75) is 45.2 Å². The normalized spacial score (nSPS) is 13.9. The average molecular weight is 246 g/mol. The van der Waals surface area contributed by atoms with Crippen molar-refractivity contribution in [1.29, 1.82) is 0 Å². The lowest BCUT2D eigenvalue weighted by Crippen LogP contribution is -2.54. The van der Waals surface area contributed by atoms with E-state index >= 15 is 0 Å². The lowest BCUT2D eigenvalue weighted by Gasteiger charge is -2.31. The van der Waals surface area contributed by atoms with Gasteiger partial charge in [-0.25, -0.2) is 21.3 Å². The van der Waals surface area contributed by atoms with Gasteiger partial charge in [-0.3, -0.25) is 10.0 Å². The summed E-state index contributed by atoms with van der Waals surface area (Å²) in [5.74, 6) is 11.1. The van der Waals surface area contributed by atoms with Crippen LogP contribution in [0.3, 0.4) is 0 Å². The second-order valence-electron chi connectivity index (χ2n) is 3.85. The lowest BCUT2D eigenvalue weighted by atomic mass is 10.0. The summed E-state index contributed by atoms with van der Waals surface area (Å²) in [5, 5.41) is 1.91. The van der Waals surface area contributed by atoms with E-state index in [1.807, 2.05) is 13.8 Å². The van der Waals surface area contributed by atoms with Crippen molar-refractivity contribution in [3.63, 3.8) is 0 Å². The minimum absolute atomic E-state index is 0.275. The second kappa shape index (κ2) is 6.92. The van der Waals surface area contributed by atoms with Gasteiger partial charge in [-0.2, -0.15) is 0 Å². The molecule has 8 N–H and O–H groups in total. The summed E-state index contributed by atoms with van der Waals surface area (Å²) >= 11 is 0. The van der Waals surface area contributed by atoms with Crippen molar-refractivity contribution in [2.75, 3.05) is 0 Å². The van der Waals surface area contributed by atoms with Crippen LogP contribution < -0.4 is 23.2 Å². The van der Waals surface area contributed by atoms with Crippen LogP contribution in [0.15, 0.2) is 0 Å². The number of primary amides is 2. The predicted octanol–water partition coefficient (Wildman–Crippen LogP) is -0.557. The third-order valence-electron chi connectivity index (χ3n) is 2.78. The zero-order valence-electron chi connectivity index (χ0n) is 10.3. The summed E-state index contributed by atoms with van der Waals surface area (Å²) in [7, 11) is 0. The molecule has 0 aromatic carbocycles. The maximum atomic E-state index is 11.0. The molecule has 2 atom stereocenters. The molecule has 17 heavy (non-hydrogen) atoms. The number of nitrogens with zero attached hydrogens (tertiary/aromatic N) is 2. The van der Waals surface area contributed by atoms with Gasteiger partial charge >= 0.3 is 12.1 Å². The number of carbonyl (C=O) groups is 2. The first-order valence-corrected chi connectivity index (χ1v) is 5.51. The molecule has 0 aromatic rings. The molecule has 0 aliphatic carbocycles. The molecule has 0 aromatic heterocycles. The molecule has 2 unspecified atom stereocenters. The van der Waals surface area contributed by atoms with Gasteiger partial charge in [0.1, 0.15) is 0 Å². The van der Waals surface area contributed by atoms with E-state index < -0.39 is 12.1 Å². The van der Waals surface area contributed by atoms with Crippen LogP contribution in [-0.2, 0) is 0 Å². The van der Waals surface area contributed by atoms with E-state index in [2.05, 4.69) is 0 Å². The van der Waals surface area contributed by atoms with E-state index in [-0.39, 0.29) is 12.1 Å². The SMILES string of the molecule is CCC(CC(CC)N(N)C(N)=O)N(N)C(N)=O. The number of hydrogen-bond acceptors (Lipinski definition) is 4. The highest BCUT2D eigenvalue weighted by Crippen LogP contribution is 2.13. The summed E-state index contributed by atoms with van der Waals surface area (Å²) in [6, 6.07) is -1.98. The van der Waals surface area contributed by atoms with Crippen LogP contribution in [0.5, 0.6) is 0 Å². The first-order chi connectivity index (χ1) is 7.84. The molecule has 0 heterocycles. The first-order valence-electron chi connectivity index (χ1n) is 5.51. The number of hydrogen-bond donors (Lipinski definition) is 4. The van der Waals surface area contributed by atoms with Crippen molar-refractivity contribution < 1.29 is 9.59 Å². The highest BCUT2D eigenvalue weighted by atomic mass is 16.2. The van der Waals surface area contributed by atoms with E-state index in [0.717, 1.165) is 10.0 Å². The van der Waals surface area contributed by atoms with Crippen LogP contribution in [0.25, 0.3) is 0 Å². The van der Waals surface area contributed by atoms with Crippen molar-refractivity contribution >= 4 is 12.1 Å². The van der Waals surface area contributed by atoms with Gasteiger partial charge in [0.15, 0.2) is 0 Å². The standard InChI is InChI=1S/C9H22N6O2/c1-3-6(14(12)8(10)16)5-7(4-2)15(13)9(11)17/h6-7H,3-5,12-13H2,1-2H3,(H2,10,16)(H2,11,17). The van der Waals surface area contributed by atoms with Crippen LogP contribution in [0, 0.1) is 0 Å². The van der Waals surface area contributed by atoms with Crippen LogP contribution in [0.2, 0.25) is 0 Å². The zero-order valence-corrected chi connectivity index (χ0v) is 10.3. The molecular formula is C9H22N6O2. The van der Waals surface area contributed by atoms with Crippen molar-refractivity contribution in [3.05, 3.63) is 0 Å². The fraction of sp³-hybridized carbons (Fsp3) is 0.778. The van der Waals surface area contributed by atoms with Crippen molar-refractivity contribution in [3.8, 4) is 0 Å². The molecular weight excluding hydrogens is 224 g/mol. The molecule has 4 amide bonds. The maximum absolute atomic E-state index is 11.0. The summed E-state index contributed by atoms with van der Waals surface area (Å²) in [5.41, 5.74) is 10.2. The van der Waals surface area contributed by atoms with Gasteiger partial charge in [-0.1, -0.05) is 13.8 Å². The summed E-state index contributed by atoms with van der Waals surface area (Å²) in [6.45, 7) is 3.73. The monoisotopic (exact) mass is 246 g/mol. The Bertz CT molecular complexity index is 246. The largest absolute Gasteiger partial charge is 0.350 e. The van der Waals surface area contributed by atoms with Crippen LogP contribution >= 0.6 is 0 Å². The van der Waals surface area contributed by atoms with Gasteiger partial charge in [0, 0.05) is 0 Å². The molecule has 8 heteroatoms. The number of nitrogens with two attached hydrogens (primary N) is 4. The predicted molar refractivity (Wildman–Crippen MR) is 64.0 cm³/mol. The Hall–Kier alpha value is -1.54. The second-order valence-corrected chi connectivity index (χ2v) is 3.85. The summed E-state index contributed by atoms with van der Waals surface area (Å²) in [4.78, 5) is 21.9. The van der Waals surface area contributed by atoms with Crippen LogP contribution in [0.4, 0.5) is 9.59 Å². The van der Waals surface area contributed by atoms with E-state index in [4.69, 9.17) is 23.2 Å². The van der Waals surface area contributed by atoms with Gasteiger partial charge in [-0.15, -0.1) is 0 Å². The maximum Gasteiger partial charge on any atom is 0.329 e. The molecule has 0 bridgehead atoms. The Morgan fingerprint density at radius 3 is 1.41 bits per heavy atom. The quantitative estimate of drug-likeness (QED) is 0.283. The van der Waals surface area contributed by atoms with Gasteiger partial charge in [0.2, 0.25) is 0 Å². The van der Waals surface area contributed by atoms with Gasteiger partial charge in [0.05, 0.1) is 12.1 Å². The van der Waals surface area contributed by atoms with E-state index in [0.29, 0.717) is 19.3 Å². The highest BCUT2D eigenvalue weighted by Gasteiger charge is 2.25. The molecule has 0 spiro atoms. The third-order valence-corrected chi connectivity index (χ3v) is 2.78. The van der Waals surface area contributed by atoms with Crippen LogP contribution in [0.1, 0.15) is 33.1 Å². The van der Waals surface area contributed by atoms with Gasteiger partial charge < -0.3 is 11.5 Å². The molecule has 0 aliphatic heterocycles. The topological polar surface area (TPSA) is 145 Å². The average Bonchev–Trinajstić information content (AvgIpc) is 2.28. The minimum Gasteiger partial charge on any atom is -0.350 e. The molecule has 0 aliphatic rings. The van der Waals surface area contributed by atoms with E-state index in [1.54, 1.807) is 0 Å². The van der Waals surface area contributed by atoms with Crippen LogP contribution in [-0.4, -0.2) is 34.2 Å². The summed E-state index contributed by atoms with van der Waals surface area (Å²) in [6.07, 6.45) is 1.66. The van der Waals surface area contributed by atoms with Gasteiger partial charge in [-0.05, 0) is 19.3 Å². The summed E-state index contributed by atoms with van der Waals surface area (Å²) < 4.78 is 0. The Morgan fingerprint density at radius 2 is 1.24 bits per heavy atom. The van der Waals surface area contributed by atoms with Crippen molar-refractivity contribution in [1.82, 2.24) is 10.0 Å². The number of amides is 4. The molecule has 0 fully saturated rings. The molecule has 0 saturated heterocycles. The van der Waals surface area contributed by atoms with Gasteiger partial charge in [0.25, 0.3) is 0 Å². The number of carbonyl (C=O) groups excluding carboxylic acids is 2. The minimum atomic E-state index is -0.714. The number of rotatable bonds is 6. The lowest BCUT2D eigenvalue weighted by molar-refractivity contribution is 0.140. The Morgan fingerprint density at radius 1 is 0.941 bits per heavy atom. The Kier molecular flexibility index (Phi) is 6.29. The fourth-order valence-corrected chi connectivity index (χ4v) is 1.63. The van der Waals surface area contributed by atoms with Crippen molar-refractivity contribution in [2.24, 2.45) is 23.2 Å². The first kappa shape index (κ1) is 15.5. The van der Waals surface area contributed by atoms with E-state index in [1.165, 1.54) is 0 Å². The number of urea groups is 2. The molecule has 100 valence electrons. The smallest absolute Gasteiger partial charge is 0.329 e.